The molecule has 2 aliphatic rings. The summed E-state index contributed by atoms with van der Waals surface area (Å²) >= 11 is 0. The summed E-state index contributed by atoms with van der Waals surface area (Å²) in [5.74, 6) is 0.0967. The predicted octanol–water partition coefficient (Wildman–Crippen LogP) is 14.0. The van der Waals surface area contributed by atoms with Crippen molar-refractivity contribution in [3.8, 4) is 33.4 Å². The van der Waals surface area contributed by atoms with Gasteiger partial charge in [0, 0.05) is 5.92 Å². The number of hydrogen-bond acceptors (Lipinski definition) is 0. The first-order chi connectivity index (χ1) is 29.7. The van der Waals surface area contributed by atoms with E-state index >= 15 is 0 Å². The Morgan fingerprint density at radius 2 is 0.883 bits per heavy atom. The quantitative estimate of drug-likeness (QED) is 0.158. The molecular formula is C60H42. The molecule has 0 nitrogen and oxygen atoms in total. The molecule has 0 spiro atoms. The van der Waals surface area contributed by atoms with Crippen LogP contribution in [0.2, 0.25) is 0 Å². The highest BCUT2D eigenvalue weighted by atomic mass is 14.3. The highest BCUT2D eigenvalue weighted by Gasteiger charge is 2.24. The average molecular weight is 763 g/mol. The third-order valence-electron chi connectivity index (χ3n) is 12.4. The molecule has 0 amide bonds. The van der Waals surface area contributed by atoms with Gasteiger partial charge in [-0.05, 0) is 123 Å². The summed E-state index contributed by atoms with van der Waals surface area (Å²) in [6.45, 7) is 0. The van der Waals surface area contributed by atoms with E-state index in [1.165, 1.54) is 104 Å². The topological polar surface area (TPSA) is 0 Å². The Balaban J connectivity index is 1.08. The maximum Gasteiger partial charge on any atom is 0.0213 e. The lowest BCUT2D eigenvalue weighted by Crippen LogP contribution is -2.28. The number of allylic oxidation sites excluding steroid dienone is 6. The summed E-state index contributed by atoms with van der Waals surface area (Å²) in [4.78, 5) is 0. The Kier molecular flexibility index (Phi) is 9.10. The molecule has 282 valence electrons. The Labute approximate surface area is 351 Å². The van der Waals surface area contributed by atoms with E-state index in [9.17, 15) is 0 Å². The molecule has 0 aliphatic heterocycles. The van der Waals surface area contributed by atoms with Crippen molar-refractivity contribution in [2.24, 2.45) is 0 Å². The van der Waals surface area contributed by atoms with Crippen molar-refractivity contribution in [1.82, 2.24) is 0 Å². The van der Waals surface area contributed by atoms with Gasteiger partial charge >= 0.3 is 0 Å². The van der Waals surface area contributed by atoms with Crippen LogP contribution in [0, 0.1) is 0 Å². The van der Waals surface area contributed by atoms with Crippen molar-refractivity contribution in [3.05, 3.63) is 275 Å². The smallest absolute Gasteiger partial charge is 0.0213 e. The minimum Gasteiger partial charge on any atom is -0.0732 e. The van der Waals surface area contributed by atoms with Gasteiger partial charge in [0.15, 0.2) is 0 Å². The fraction of sp³-hybridized carbons (Fsp3) is 0.0333. The predicted molar refractivity (Wildman–Crippen MR) is 254 cm³/mol. The van der Waals surface area contributed by atoms with Gasteiger partial charge in [-0.25, -0.2) is 0 Å². The molecule has 9 aromatic carbocycles. The van der Waals surface area contributed by atoms with E-state index in [-0.39, 0.29) is 5.92 Å². The van der Waals surface area contributed by atoms with Crippen LogP contribution >= 0.6 is 0 Å². The molecule has 0 saturated carbocycles. The number of fused-ring (bicyclic) bond motifs is 4. The van der Waals surface area contributed by atoms with Gasteiger partial charge in [0.05, 0.1) is 0 Å². The average Bonchev–Trinajstić information content (AvgIpc) is 3.61. The standard InChI is InChI=1S/C60H42/c1-2-15-45(16-3-1)54-20-8-9-21-55(54)52-19-12-24-56-53(39-52)40-59(46-31-25-43(26-32-46)50-35-29-41-13-4-6-17-48(41)37-50)57-22-10-11-23-58(57)60(56)47-33-27-44(28-34-47)51-36-30-42-14-5-7-18-49(42)38-51/h1-39,52H,40H2. The van der Waals surface area contributed by atoms with E-state index in [1.807, 2.05) is 0 Å². The third-order valence-corrected chi connectivity index (χ3v) is 12.4. The van der Waals surface area contributed by atoms with Crippen LogP contribution in [0.15, 0.2) is 248 Å². The van der Waals surface area contributed by atoms with Gasteiger partial charge in [-0.2, -0.15) is 0 Å². The fourth-order valence-electron chi connectivity index (χ4n) is 9.39. The lowest BCUT2D eigenvalue weighted by molar-refractivity contribution is 1.06. The highest BCUT2D eigenvalue weighted by molar-refractivity contribution is 5.91. The van der Waals surface area contributed by atoms with Crippen molar-refractivity contribution in [1.29, 1.82) is 0 Å². The van der Waals surface area contributed by atoms with Crippen molar-refractivity contribution in [2.75, 3.05) is 0 Å². The molecule has 0 N–H and O–H groups in total. The van der Waals surface area contributed by atoms with Gasteiger partial charge in [-0.15, -0.1) is 0 Å². The Hall–Kier alpha value is -7.54. The molecule has 0 aromatic heterocycles. The summed E-state index contributed by atoms with van der Waals surface area (Å²) in [7, 11) is 0. The lowest BCUT2D eigenvalue weighted by atomic mass is 9.85. The van der Waals surface area contributed by atoms with Gasteiger partial charge in [0.1, 0.15) is 0 Å². The van der Waals surface area contributed by atoms with Crippen LogP contribution < -0.4 is 10.4 Å². The first-order valence-electron chi connectivity index (χ1n) is 21.0. The molecule has 2 aliphatic carbocycles. The molecule has 0 heteroatoms. The second-order valence-electron chi connectivity index (χ2n) is 16.0. The molecule has 1 atom stereocenters. The molecule has 60 heavy (non-hydrogen) atoms. The molecule has 9 aromatic rings. The fourth-order valence-corrected chi connectivity index (χ4v) is 9.39. The number of hydrogen-bond donors (Lipinski definition) is 0. The molecule has 0 saturated heterocycles. The SMILES string of the molecule is C1=CC(c2ccccc2-c2ccccc2)C=C2CC(c3ccc(-c4ccc5ccccc5c4)cc3)=c3ccccc3=C(c3ccc(-c4ccc5ccccc5c4)cc3)C2=C1. The molecule has 11 rings (SSSR count). The van der Waals surface area contributed by atoms with Gasteiger partial charge in [-0.1, -0.05) is 224 Å². The summed E-state index contributed by atoms with van der Waals surface area (Å²) in [6.07, 6.45) is 10.4. The summed E-state index contributed by atoms with van der Waals surface area (Å²) < 4.78 is 0. The van der Waals surface area contributed by atoms with E-state index in [0.717, 1.165) is 6.42 Å². The highest BCUT2D eigenvalue weighted by Crippen LogP contribution is 2.40. The van der Waals surface area contributed by atoms with Crippen LogP contribution in [0.1, 0.15) is 29.0 Å². The number of rotatable bonds is 6. The zero-order valence-electron chi connectivity index (χ0n) is 33.3. The minimum absolute atomic E-state index is 0.0967. The van der Waals surface area contributed by atoms with E-state index in [2.05, 4.69) is 237 Å². The molecular weight excluding hydrogens is 721 g/mol. The van der Waals surface area contributed by atoms with Crippen LogP contribution in [0.4, 0.5) is 0 Å². The van der Waals surface area contributed by atoms with E-state index in [4.69, 9.17) is 0 Å². The van der Waals surface area contributed by atoms with Crippen molar-refractivity contribution >= 4 is 32.7 Å². The molecule has 1 unspecified atom stereocenters. The van der Waals surface area contributed by atoms with E-state index in [0.29, 0.717) is 0 Å². The second kappa shape index (κ2) is 15.3. The molecule has 0 heterocycles. The molecule has 0 bridgehead atoms. The first kappa shape index (κ1) is 35.6. The molecule has 0 radical (unpaired) electrons. The van der Waals surface area contributed by atoms with Gasteiger partial charge in [-0.3, -0.25) is 0 Å². The van der Waals surface area contributed by atoms with Crippen LogP contribution in [0.3, 0.4) is 0 Å². The summed E-state index contributed by atoms with van der Waals surface area (Å²) in [5.41, 5.74) is 16.4. The van der Waals surface area contributed by atoms with Crippen LogP contribution in [-0.4, -0.2) is 0 Å². The monoisotopic (exact) mass is 762 g/mol. The zero-order valence-corrected chi connectivity index (χ0v) is 33.3. The van der Waals surface area contributed by atoms with Gasteiger partial charge in [0.25, 0.3) is 0 Å². The minimum atomic E-state index is 0.0967. The Morgan fingerprint density at radius 3 is 1.55 bits per heavy atom. The Bertz CT molecular complexity index is 3300. The largest absolute Gasteiger partial charge is 0.0732 e. The number of benzene rings is 9. The van der Waals surface area contributed by atoms with Crippen molar-refractivity contribution in [3.63, 3.8) is 0 Å². The van der Waals surface area contributed by atoms with Gasteiger partial charge < -0.3 is 0 Å². The van der Waals surface area contributed by atoms with Crippen LogP contribution in [-0.2, 0) is 0 Å². The lowest BCUT2D eigenvalue weighted by Gasteiger charge is -2.19. The molecule has 0 fully saturated rings. The van der Waals surface area contributed by atoms with Crippen molar-refractivity contribution < 1.29 is 0 Å². The van der Waals surface area contributed by atoms with Crippen LogP contribution in [0.5, 0.6) is 0 Å². The Morgan fingerprint density at radius 1 is 0.367 bits per heavy atom. The summed E-state index contributed by atoms with van der Waals surface area (Å²) in [5, 5.41) is 7.58. The summed E-state index contributed by atoms with van der Waals surface area (Å²) in [6, 6.07) is 78.0. The van der Waals surface area contributed by atoms with E-state index in [1.54, 1.807) is 0 Å². The van der Waals surface area contributed by atoms with Gasteiger partial charge in [0.2, 0.25) is 0 Å². The third kappa shape index (κ3) is 6.63. The van der Waals surface area contributed by atoms with Crippen LogP contribution in [0.25, 0.3) is 66.1 Å². The maximum absolute atomic E-state index is 2.54. The first-order valence-corrected chi connectivity index (χ1v) is 21.0. The normalized spacial score (nSPS) is 14.8. The maximum atomic E-state index is 2.54. The van der Waals surface area contributed by atoms with Crippen molar-refractivity contribution in [2.45, 2.75) is 12.3 Å². The second-order valence-corrected chi connectivity index (χ2v) is 16.0. The zero-order chi connectivity index (χ0) is 39.8. The van der Waals surface area contributed by atoms with E-state index < -0.39 is 0 Å².